The standard InChI is InChI=1S/C16H25ClF3N3O2/c1-10-6-11(17)12(20)13(10)21-22-16(7-18,8-19)9-23(5)14(24)25-15(2,3)4/h6,11-12,22H,7-9H2,1-5H3/b21-13+/t11?,12-/m1/s1. The van der Waals surface area contributed by atoms with E-state index in [2.05, 4.69) is 10.5 Å². The molecule has 1 aliphatic carbocycles. The fourth-order valence-corrected chi connectivity index (χ4v) is 2.49. The van der Waals surface area contributed by atoms with Crippen LogP contribution in [0.5, 0.6) is 0 Å². The van der Waals surface area contributed by atoms with Gasteiger partial charge in [0.05, 0.1) is 17.6 Å². The monoisotopic (exact) mass is 383 g/mol. The molecule has 0 aromatic heterocycles. The van der Waals surface area contributed by atoms with Crippen molar-refractivity contribution in [3.05, 3.63) is 11.6 Å². The summed E-state index contributed by atoms with van der Waals surface area (Å²) in [5, 5.41) is 2.95. The van der Waals surface area contributed by atoms with Gasteiger partial charge in [0.25, 0.3) is 0 Å². The van der Waals surface area contributed by atoms with Crippen LogP contribution < -0.4 is 5.43 Å². The normalized spacial score (nSPS) is 22.8. The highest BCUT2D eigenvalue weighted by Gasteiger charge is 2.36. The first kappa shape index (κ1) is 21.6. The fourth-order valence-electron chi connectivity index (χ4n) is 2.18. The molecule has 0 radical (unpaired) electrons. The number of likely N-dealkylation sites (N-methyl/N-ethyl adjacent to an activating group) is 1. The molecule has 0 saturated heterocycles. The number of alkyl halides is 4. The summed E-state index contributed by atoms with van der Waals surface area (Å²) in [5.74, 6) is 0. The summed E-state index contributed by atoms with van der Waals surface area (Å²) in [6.45, 7) is 3.98. The van der Waals surface area contributed by atoms with Crippen LogP contribution in [0.2, 0.25) is 0 Å². The molecule has 0 aliphatic heterocycles. The van der Waals surface area contributed by atoms with Crippen molar-refractivity contribution < 1.29 is 22.7 Å². The van der Waals surface area contributed by atoms with Crippen LogP contribution in [0.1, 0.15) is 27.7 Å². The Balaban J connectivity index is 2.87. The van der Waals surface area contributed by atoms with E-state index < -0.39 is 42.1 Å². The number of carbonyl (C=O) groups is 1. The van der Waals surface area contributed by atoms with Gasteiger partial charge in [-0.2, -0.15) is 5.10 Å². The van der Waals surface area contributed by atoms with Gasteiger partial charge in [0.1, 0.15) is 24.5 Å². The van der Waals surface area contributed by atoms with Crippen molar-refractivity contribution in [2.75, 3.05) is 26.9 Å². The highest BCUT2D eigenvalue weighted by atomic mass is 35.5. The Kier molecular flexibility index (Phi) is 7.17. The lowest BCUT2D eigenvalue weighted by atomic mass is 10.0. The molecule has 1 amide bonds. The molecular weight excluding hydrogens is 359 g/mol. The molecule has 1 rings (SSSR count). The van der Waals surface area contributed by atoms with Crippen LogP contribution >= 0.6 is 11.6 Å². The van der Waals surface area contributed by atoms with Crippen molar-refractivity contribution in [3.8, 4) is 0 Å². The predicted octanol–water partition coefficient (Wildman–Crippen LogP) is 3.38. The van der Waals surface area contributed by atoms with Gasteiger partial charge in [0.2, 0.25) is 0 Å². The number of amides is 1. The van der Waals surface area contributed by atoms with Crippen LogP contribution in [0.4, 0.5) is 18.0 Å². The second kappa shape index (κ2) is 8.29. The van der Waals surface area contributed by atoms with E-state index in [1.165, 1.54) is 13.1 Å². The first-order chi connectivity index (χ1) is 11.4. The molecule has 1 aliphatic rings. The minimum absolute atomic E-state index is 0.00815. The van der Waals surface area contributed by atoms with Crippen LogP contribution in [0, 0.1) is 0 Å². The van der Waals surface area contributed by atoms with E-state index >= 15 is 0 Å². The molecule has 0 aromatic carbocycles. The number of nitrogens with one attached hydrogen (secondary N) is 1. The molecule has 144 valence electrons. The Labute approximate surface area is 151 Å². The zero-order valence-electron chi connectivity index (χ0n) is 15.1. The summed E-state index contributed by atoms with van der Waals surface area (Å²) in [5.41, 5.74) is 0.295. The van der Waals surface area contributed by atoms with Gasteiger partial charge in [0.15, 0.2) is 6.17 Å². The molecule has 2 atom stereocenters. The summed E-state index contributed by atoms with van der Waals surface area (Å²) < 4.78 is 46.2. The van der Waals surface area contributed by atoms with Crippen LogP contribution in [-0.4, -0.2) is 66.3 Å². The Morgan fingerprint density at radius 1 is 1.40 bits per heavy atom. The third-order valence-electron chi connectivity index (χ3n) is 3.52. The van der Waals surface area contributed by atoms with Crippen LogP contribution in [0.25, 0.3) is 0 Å². The van der Waals surface area contributed by atoms with E-state index in [9.17, 15) is 18.0 Å². The highest BCUT2D eigenvalue weighted by Crippen LogP contribution is 2.24. The van der Waals surface area contributed by atoms with Crippen molar-refractivity contribution >= 4 is 23.4 Å². The third kappa shape index (κ3) is 5.80. The Morgan fingerprint density at radius 3 is 2.36 bits per heavy atom. The Morgan fingerprint density at radius 2 is 1.96 bits per heavy atom. The minimum atomic E-state index is -1.80. The molecule has 0 heterocycles. The Hall–Kier alpha value is -1.44. The van der Waals surface area contributed by atoms with Crippen molar-refractivity contribution in [2.45, 2.75) is 50.4 Å². The van der Waals surface area contributed by atoms with E-state index in [-0.39, 0.29) is 12.3 Å². The quantitative estimate of drug-likeness (QED) is 0.565. The molecule has 0 fully saturated rings. The van der Waals surface area contributed by atoms with Gasteiger partial charge in [0, 0.05) is 7.05 Å². The lowest BCUT2D eigenvalue weighted by Crippen LogP contribution is -2.56. The van der Waals surface area contributed by atoms with Crippen molar-refractivity contribution in [1.82, 2.24) is 10.3 Å². The molecule has 0 spiro atoms. The van der Waals surface area contributed by atoms with E-state index in [0.29, 0.717) is 5.57 Å². The number of allylic oxidation sites excluding steroid dienone is 2. The van der Waals surface area contributed by atoms with Gasteiger partial charge in [-0.15, -0.1) is 11.6 Å². The van der Waals surface area contributed by atoms with Crippen LogP contribution in [0.3, 0.4) is 0 Å². The molecule has 1 unspecified atom stereocenters. The summed E-state index contributed by atoms with van der Waals surface area (Å²) in [6.07, 6.45) is -0.810. The highest BCUT2D eigenvalue weighted by molar-refractivity contribution is 6.27. The number of ether oxygens (including phenoxy) is 1. The number of hydrogen-bond donors (Lipinski definition) is 1. The second-order valence-electron chi connectivity index (χ2n) is 7.19. The lowest BCUT2D eigenvalue weighted by molar-refractivity contribution is 0.0216. The van der Waals surface area contributed by atoms with E-state index in [4.69, 9.17) is 16.3 Å². The van der Waals surface area contributed by atoms with E-state index in [0.717, 1.165) is 4.90 Å². The fraction of sp³-hybridized carbons (Fsp3) is 0.750. The zero-order chi connectivity index (χ0) is 19.4. The first-order valence-electron chi connectivity index (χ1n) is 7.82. The maximum absolute atomic E-state index is 14.0. The topological polar surface area (TPSA) is 53.9 Å². The SMILES string of the molecule is CC1=CC(Cl)[C@@H](F)/C1=N/NC(CF)(CF)CN(C)C(=O)OC(C)(C)C. The van der Waals surface area contributed by atoms with Crippen molar-refractivity contribution in [1.29, 1.82) is 0 Å². The second-order valence-corrected chi connectivity index (χ2v) is 7.69. The lowest BCUT2D eigenvalue weighted by Gasteiger charge is -2.33. The van der Waals surface area contributed by atoms with Crippen LogP contribution in [-0.2, 0) is 4.74 Å². The molecule has 25 heavy (non-hydrogen) atoms. The predicted molar refractivity (Wildman–Crippen MR) is 92.4 cm³/mol. The Bertz CT molecular complexity index is 545. The molecule has 0 aromatic rings. The molecule has 0 bridgehead atoms. The summed E-state index contributed by atoms with van der Waals surface area (Å²) >= 11 is 5.78. The van der Waals surface area contributed by atoms with E-state index in [1.54, 1.807) is 27.7 Å². The van der Waals surface area contributed by atoms with Gasteiger partial charge < -0.3 is 9.64 Å². The van der Waals surface area contributed by atoms with Gasteiger partial charge in [-0.05, 0) is 33.3 Å². The van der Waals surface area contributed by atoms with Gasteiger partial charge in [-0.25, -0.2) is 18.0 Å². The molecule has 5 nitrogen and oxygen atoms in total. The minimum Gasteiger partial charge on any atom is -0.444 e. The smallest absolute Gasteiger partial charge is 0.410 e. The van der Waals surface area contributed by atoms with E-state index in [1.807, 2.05) is 0 Å². The number of rotatable bonds is 6. The third-order valence-corrected chi connectivity index (χ3v) is 3.87. The number of halogens is 4. The van der Waals surface area contributed by atoms with Gasteiger partial charge in [-0.3, -0.25) is 5.43 Å². The molecule has 9 heteroatoms. The molecule has 1 N–H and O–H groups in total. The summed E-state index contributed by atoms with van der Waals surface area (Å²) in [6, 6.07) is 0. The maximum Gasteiger partial charge on any atom is 0.410 e. The van der Waals surface area contributed by atoms with Gasteiger partial charge in [-0.1, -0.05) is 6.08 Å². The summed E-state index contributed by atoms with van der Waals surface area (Å²) in [4.78, 5) is 13.0. The van der Waals surface area contributed by atoms with Crippen molar-refractivity contribution in [3.63, 3.8) is 0 Å². The number of carbonyl (C=O) groups excluding carboxylic acids is 1. The van der Waals surface area contributed by atoms with Crippen molar-refractivity contribution in [2.24, 2.45) is 5.10 Å². The summed E-state index contributed by atoms with van der Waals surface area (Å²) in [7, 11) is 1.36. The molecule has 0 saturated carbocycles. The van der Waals surface area contributed by atoms with Gasteiger partial charge >= 0.3 is 6.09 Å². The zero-order valence-corrected chi connectivity index (χ0v) is 15.8. The first-order valence-corrected chi connectivity index (χ1v) is 8.26. The maximum atomic E-state index is 14.0. The molecular formula is C16H25ClF3N3O2. The average Bonchev–Trinajstić information content (AvgIpc) is 2.75. The van der Waals surface area contributed by atoms with Crippen LogP contribution in [0.15, 0.2) is 16.8 Å². The average molecular weight is 384 g/mol. The number of hydrogen-bond acceptors (Lipinski definition) is 4. The number of hydrazone groups is 1. The largest absolute Gasteiger partial charge is 0.444 e. The number of nitrogens with zero attached hydrogens (tertiary/aromatic N) is 2.